The van der Waals surface area contributed by atoms with Crippen molar-refractivity contribution in [2.75, 3.05) is 18.2 Å². The molecule has 0 aliphatic heterocycles. The monoisotopic (exact) mass is 472 g/mol. The lowest BCUT2D eigenvalue weighted by Crippen LogP contribution is -2.15. The number of nitrogens with one attached hydrogen (secondary N) is 1. The molecule has 8 heteroatoms. The number of hydrogen-bond acceptors (Lipinski definition) is 5. The molecule has 29 heavy (non-hydrogen) atoms. The van der Waals surface area contributed by atoms with Crippen LogP contribution in [0.2, 0.25) is 0 Å². The Morgan fingerprint density at radius 1 is 1.28 bits per heavy atom. The van der Waals surface area contributed by atoms with E-state index in [0.717, 1.165) is 21.4 Å². The molecule has 0 unspecified atom stereocenters. The van der Waals surface area contributed by atoms with Crippen molar-refractivity contribution >= 4 is 39.3 Å². The van der Waals surface area contributed by atoms with E-state index in [9.17, 15) is 4.79 Å². The number of anilines is 1. The number of rotatable bonds is 8. The molecular weight excluding hydrogens is 452 g/mol. The van der Waals surface area contributed by atoms with Gasteiger partial charge in [-0.3, -0.25) is 9.36 Å². The number of aromatic nitrogens is 3. The number of nitrogens with zero attached hydrogens (tertiary/aromatic N) is 3. The maximum Gasteiger partial charge on any atom is 0.234 e. The lowest BCUT2D eigenvalue weighted by Gasteiger charge is -2.11. The number of amides is 1. The number of allylic oxidation sites excluding steroid dienone is 1. The predicted octanol–water partition coefficient (Wildman–Crippen LogP) is 4.94. The molecule has 3 aromatic rings. The van der Waals surface area contributed by atoms with Crippen LogP contribution in [0.15, 0.2) is 64.7 Å². The van der Waals surface area contributed by atoms with Crippen LogP contribution in [-0.2, 0) is 11.3 Å². The van der Waals surface area contributed by atoms with Gasteiger partial charge in [0.25, 0.3) is 0 Å². The van der Waals surface area contributed by atoms with Crippen molar-refractivity contribution in [3.8, 4) is 17.1 Å². The number of halogens is 1. The Hall–Kier alpha value is -2.58. The molecule has 1 N–H and O–H groups in total. The van der Waals surface area contributed by atoms with Crippen LogP contribution in [0.5, 0.6) is 5.75 Å². The van der Waals surface area contributed by atoms with Crippen molar-refractivity contribution in [3.63, 3.8) is 0 Å². The third kappa shape index (κ3) is 5.27. The molecule has 0 aliphatic carbocycles. The molecule has 0 aliphatic rings. The van der Waals surface area contributed by atoms with Gasteiger partial charge in [0.1, 0.15) is 5.75 Å². The number of aryl methyl sites for hydroxylation is 1. The van der Waals surface area contributed by atoms with Crippen LogP contribution in [0.3, 0.4) is 0 Å². The zero-order chi connectivity index (χ0) is 20.8. The first-order chi connectivity index (χ1) is 14.0. The summed E-state index contributed by atoms with van der Waals surface area (Å²) in [4.78, 5) is 12.5. The molecule has 0 spiro atoms. The first-order valence-corrected chi connectivity index (χ1v) is 10.7. The van der Waals surface area contributed by atoms with E-state index in [-0.39, 0.29) is 11.7 Å². The van der Waals surface area contributed by atoms with Crippen LogP contribution in [0.1, 0.15) is 5.56 Å². The number of carbonyl (C=O) groups excluding carboxylic acids is 1. The maximum absolute atomic E-state index is 12.5. The largest absolute Gasteiger partial charge is 0.495 e. The predicted molar refractivity (Wildman–Crippen MR) is 120 cm³/mol. The Balaban J connectivity index is 1.73. The van der Waals surface area contributed by atoms with Gasteiger partial charge in [-0.25, -0.2) is 0 Å². The van der Waals surface area contributed by atoms with Crippen LogP contribution in [0, 0.1) is 6.92 Å². The van der Waals surface area contributed by atoms with Crippen molar-refractivity contribution in [1.82, 2.24) is 14.8 Å². The molecule has 2 aromatic carbocycles. The van der Waals surface area contributed by atoms with Crippen molar-refractivity contribution in [1.29, 1.82) is 0 Å². The smallest absolute Gasteiger partial charge is 0.234 e. The molecule has 0 bridgehead atoms. The van der Waals surface area contributed by atoms with Crippen molar-refractivity contribution < 1.29 is 9.53 Å². The second kappa shape index (κ2) is 9.76. The van der Waals surface area contributed by atoms with E-state index in [4.69, 9.17) is 4.74 Å². The number of hydrogen-bond donors (Lipinski definition) is 1. The standard InChI is InChI=1S/C21H21BrN4O2S/c1-4-11-26-20(15-6-8-16(22)9-7-15)24-25-21(26)29-13-19(27)23-17-12-14(2)5-10-18(17)28-3/h4-10,12H,1,11,13H2,2-3H3,(H,23,27). The van der Waals surface area contributed by atoms with Gasteiger partial charge in [0.15, 0.2) is 11.0 Å². The Labute approximate surface area is 182 Å². The van der Waals surface area contributed by atoms with E-state index in [0.29, 0.717) is 23.1 Å². The highest BCUT2D eigenvalue weighted by molar-refractivity contribution is 9.10. The van der Waals surface area contributed by atoms with Gasteiger partial charge >= 0.3 is 0 Å². The van der Waals surface area contributed by atoms with Gasteiger partial charge in [-0.1, -0.05) is 52.0 Å². The summed E-state index contributed by atoms with van der Waals surface area (Å²) in [7, 11) is 1.58. The van der Waals surface area contributed by atoms with E-state index in [2.05, 4.69) is 38.0 Å². The molecule has 150 valence electrons. The molecule has 0 fully saturated rings. The Morgan fingerprint density at radius 3 is 2.72 bits per heavy atom. The highest BCUT2D eigenvalue weighted by Gasteiger charge is 2.16. The first kappa shape index (κ1) is 21.1. The first-order valence-electron chi connectivity index (χ1n) is 8.89. The summed E-state index contributed by atoms with van der Waals surface area (Å²) >= 11 is 4.77. The van der Waals surface area contributed by atoms with Crippen LogP contribution < -0.4 is 10.1 Å². The second-order valence-electron chi connectivity index (χ2n) is 6.25. The van der Waals surface area contributed by atoms with E-state index < -0.39 is 0 Å². The Bertz CT molecular complexity index is 1020. The fraction of sp³-hybridized carbons (Fsp3) is 0.190. The molecule has 3 rings (SSSR count). The zero-order valence-corrected chi connectivity index (χ0v) is 18.6. The Kier molecular flexibility index (Phi) is 7.11. The van der Waals surface area contributed by atoms with Gasteiger partial charge in [0, 0.05) is 16.6 Å². The molecule has 6 nitrogen and oxygen atoms in total. The third-order valence-electron chi connectivity index (χ3n) is 4.09. The minimum Gasteiger partial charge on any atom is -0.495 e. The summed E-state index contributed by atoms with van der Waals surface area (Å²) in [6, 6.07) is 13.5. The molecule has 1 aromatic heterocycles. The number of thioether (sulfide) groups is 1. The summed E-state index contributed by atoms with van der Waals surface area (Å²) in [5, 5.41) is 12.1. The number of ether oxygens (including phenoxy) is 1. The van der Waals surface area contributed by atoms with Gasteiger partial charge < -0.3 is 10.1 Å². The lowest BCUT2D eigenvalue weighted by molar-refractivity contribution is -0.113. The molecule has 1 heterocycles. The summed E-state index contributed by atoms with van der Waals surface area (Å²) < 4.78 is 8.25. The molecular formula is C21H21BrN4O2S. The number of methoxy groups -OCH3 is 1. The van der Waals surface area contributed by atoms with E-state index in [1.165, 1.54) is 11.8 Å². The SMILES string of the molecule is C=CCn1c(SCC(=O)Nc2cc(C)ccc2OC)nnc1-c1ccc(Br)cc1. The van der Waals surface area contributed by atoms with Crippen molar-refractivity contribution in [2.24, 2.45) is 0 Å². The second-order valence-corrected chi connectivity index (χ2v) is 8.11. The number of benzene rings is 2. The normalized spacial score (nSPS) is 10.6. The number of carbonyl (C=O) groups is 1. The maximum atomic E-state index is 12.5. The average molecular weight is 473 g/mol. The molecule has 1 amide bonds. The summed E-state index contributed by atoms with van der Waals surface area (Å²) in [6.45, 7) is 6.33. The highest BCUT2D eigenvalue weighted by atomic mass is 79.9. The minimum atomic E-state index is -0.141. The van der Waals surface area contributed by atoms with E-state index in [1.54, 1.807) is 13.2 Å². The Morgan fingerprint density at radius 2 is 2.03 bits per heavy atom. The summed E-state index contributed by atoms with van der Waals surface area (Å²) in [6.07, 6.45) is 1.79. The summed E-state index contributed by atoms with van der Waals surface area (Å²) in [5.41, 5.74) is 2.64. The van der Waals surface area contributed by atoms with Crippen LogP contribution in [0.4, 0.5) is 5.69 Å². The summed E-state index contributed by atoms with van der Waals surface area (Å²) in [5.74, 6) is 1.42. The molecule has 0 saturated carbocycles. The van der Waals surface area contributed by atoms with Gasteiger partial charge in [0.05, 0.1) is 18.6 Å². The van der Waals surface area contributed by atoms with Crippen molar-refractivity contribution in [2.45, 2.75) is 18.6 Å². The van der Waals surface area contributed by atoms with E-state index >= 15 is 0 Å². The van der Waals surface area contributed by atoms with Gasteiger partial charge in [-0.05, 0) is 36.8 Å². The molecule has 0 radical (unpaired) electrons. The lowest BCUT2D eigenvalue weighted by atomic mass is 10.2. The van der Waals surface area contributed by atoms with E-state index in [1.807, 2.05) is 54.0 Å². The fourth-order valence-electron chi connectivity index (χ4n) is 2.74. The molecule has 0 atom stereocenters. The highest BCUT2D eigenvalue weighted by Crippen LogP contribution is 2.27. The van der Waals surface area contributed by atoms with Gasteiger partial charge in [-0.15, -0.1) is 16.8 Å². The fourth-order valence-corrected chi connectivity index (χ4v) is 3.75. The minimum absolute atomic E-state index is 0.141. The van der Waals surface area contributed by atoms with Crippen molar-refractivity contribution in [3.05, 3.63) is 65.2 Å². The van der Waals surface area contributed by atoms with Crippen LogP contribution in [-0.4, -0.2) is 33.5 Å². The van der Waals surface area contributed by atoms with Gasteiger partial charge in [-0.2, -0.15) is 0 Å². The molecule has 0 saturated heterocycles. The average Bonchev–Trinajstić information content (AvgIpc) is 3.10. The van der Waals surface area contributed by atoms with Crippen LogP contribution >= 0.6 is 27.7 Å². The van der Waals surface area contributed by atoms with Gasteiger partial charge in [0.2, 0.25) is 5.91 Å². The topological polar surface area (TPSA) is 69.0 Å². The third-order valence-corrected chi connectivity index (χ3v) is 5.59. The van der Waals surface area contributed by atoms with Crippen LogP contribution in [0.25, 0.3) is 11.4 Å². The zero-order valence-electron chi connectivity index (χ0n) is 16.2. The quantitative estimate of drug-likeness (QED) is 0.371.